The van der Waals surface area contributed by atoms with Crippen LogP contribution in [0.2, 0.25) is 0 Å². The molecule has 1 aliphatic rings. The van der Waals surface area contributed by atoms with Crippen LogP contribution in [0.1, 0.15) is 13.8 Å². The summed E-state index contributed by atoms with van der Waals surface area (Å²) in [5.41, 5.74) is 0.754. The lowest BCUT2D eigenvalue weighted by Gasteiger charge is -2.34. The third kappa shape index (κ3) is 2.30. The number of carbonyl (C=O) groups is 1. The van der Waals surface area contributed by atoms with E-state index in [-0.39, 0.29) is 12.5 Å². The van der Waals surface area contributed by atoms with Gasteiger partial charge in [0.1, 0.15) is 0 Å². The lowest BCUT2D eigenvalue weighted by atomic mass is 10.1. The first kappa shape index (κ1) is 10.9. The Bertz CT molecular complexity index is 412. The van der Waals surface area contributed by atoms with E-state index in [1.165, 1.54) is 0 Å². The van der Waals surface area contributed by atoms with Crippen LogP contribution in [0, 0.1) is 0 Å². The molecule has 0 unspecified atom stereocenters. The molecule has 1 aromatic rings. The molecular weight excluding hydrogens is 206 g/mol. The average Bonchev–Trinajstić information content (AvgIpc) is 2.14. The number of anilines is 2. The third-order valence-corrected chi connectivity index (χ3v) is 2.33. The zero-order chi connectivity index (χ0) is 11.8. The molecule has 2 heterocycles. The summed E-state index contributed by atoms with van der Waals surface area (Å²) in [5, 5.41) is 12.6. The van der Waals surface area contributed by atoms with Gasteiger partial charge in [-0.1, -0.05) is 0 Å². The van der Waals surface area contributed by atoms with Crippen molar-refractivity contribution < 1.29 is 9.90 Å². The molecule has 0 fully saturated rings. The lowest BCUT2D eigenvalue weighted by molar-refractivity contribution is -0.115. The Morgan fingerprint density at radius 2 is 2.38 bits per heavy atom. The highest BCUT2D eigenvalue weighted by Crippen LogP contribution is 2.28. The summed E-state index contributed by atoms with van der Waals surface area (Å²) in [6, 6.07) is 1.75. The van der Waals surface area contributed by atoms with E-state index in [1.807, 2.05) is 4.90 Å². The van der Waals surface area contributed by atoms with E-state index >= 15 is 0 Å². The number of aromatic nitrogens is 1. The molecule has 2 rings (SSSR count). The number of amides is 1. The quantitative estimate of drug-likeness (QED) is 0.768. The van der Waals surface area contributed by atoms with Crippen molar-refractivity contribution in [3.63, 3.8) is 0 Å². The summed E-state index contributed by atoms with van der Waals surface area (Å²) >= 11 is 0. The number of aliphatic hydroxyl groups is 1. The van der Waals surface area contributed by atoms with Crippen molar-refractivity contribution in [2.24, 2.45) is 0 Å². The zero-order valence-corrected chi connectivity index (χ0v) is 9.40. The summed E-state index contributed by atoms with van der Waals surface area (Å²) in [7, 11) is 0. The van der Waals surface area contributed by atoms with Gasteiger partial charge in [-0.2, -0.15) is 0 Å². The number of rotatable bonds is 2. The summed E-state index contributed by atoms with van der Waals surface area (Å²) in [5.74, 6) is -0.0667. The average molecular weight is 221 g/mol. The third-order valence-electron chi connectivity index (χ3n) is 2.33. The smallest absolute Gasteiger partial charge is 0.243 e. The first-order chi connectivity index (χ1) is 7.46. The van der Waals surface area contributed by atoms with Crippen LogP contribution >= 0.6 is 0 Å². The van der Waals surface area contributed by atoms with Gasteiger partial charge < -0.3 is 15.3 Å². The van der Waals surface area contributed by atoms with Gasteiger partial charge in [-0.3, -0.25) is 9.78 Å². The van der Waals surface area contributed by atoms with Crippen LogP contribution in [0.3, 0.4) is 0 Å². The van der Waals surface area contributed by atoms with E-state index in [1.54, 1.807) is 32.3 Å². The Morgan fingerprint density at radius 1 is 1.62 bits per heavy atom. The highest BCUT2D eigenvalue weighted by Gasteiger charge is 2.26. The Morgan fingerprint density at radius 3 is 3.06 bits per heavy atom. The topological polar surface area (TPSA) is 65.5 Å². The predicted octanol–water partition coefficient (Wildman–Crippen LogP) is 0.611. The summed E-state index contributed by atoms with van der Waals surface area (Å²) < 4.78 is 0. The van der Waals surface area contributed by atoms with Crippen molar-refractivity contribution in [3.05, 3.63) is 18.5 Å². The Kier molecular flexibility index (Phi) is 2.55. The fourth-order valence-corrected chi connectivity index (χ4v) is 1.80. The molecule has 2 N–H and O–H groups in total. The molecule has 0 spiro atoms. The van der Waals surface area contributed by atoms with Gasteiger partial charge >= 0.3 is 0 Å². The minimum Gasteiger partial charge on any atom is -0.389 e. The van der Waals surface area contributed by atoms with Crippen molar-refractivity contribution in [1.82, 2.24) is 4.98 Å². The van der Waals surface area contributed by atoms with Gasteiger partial charge in [0.15, 0.2) is 0 Å². The molecule has 0 saturated carbocycles. The molecular formula is C11H15N3O2. The van der Waals surface area contributed by atoms with Gasteiger partial charge in [0.2, 0.25) is 5.91 Å². The number of hydrogen-bond acceptors (Lipinski definition) is 4. The molecule has 86 valence electrons. The second-order valence-electron chi connectivity index (χ2n) is 4.61. The number of β-amino-alcohol motifs (C(OH)–C–C–N with tert-alkyl or cyclic N) is 1. The summed E-state index contributed by atoms with van der Waals surface area (Å²) in [6.45, 7) is 4.09. The molecule has 16 heavy (non-hydrogen) atoms. The van der Waals surface area contributed by atoms with Crippen molar-refractivity contribution in [2.75, 3.05) is 23.3 Å². The fraction of sp³-hybridized carbons (Fsp3) is 0.455. The monoisotopic (exact) mass is 221 g/mol. The van der Waals surface area contributed by atoms with E-state index < -0.39 is 5.60 Å². The van der Waals surface area contributed by atoms with Crippen LogP contribution in [0.25, 0.3) is 0 Å². The molecule has 0 atom stereocenters. The SMILES string of the molecule is CC(C)(O)CN1CC(=O)Nc2ccncc21. The van der Waals surface area contributed by atoms with Crippen molar-refractivity contribution in [1.29, 1.82) is 0 Å². The van der Waals surface area contributed by atoms with E-state index in [0.29, 0.717) is 6.54 Å². The minimum absolute atomic E-state index is 0.0667. The maximum Gasteiger partial charge on any atom is 0.243 e. The highest BCUT2D eigenvalue weighted by molar-refractivity contribution is 6.00. The standard InChI is InChI=1S/C11H15N3O2/c1-11(2,16)7-14-6-10(15)13-8-3-4-12-5-9(8)14/h3-5,16H,6-7H2,1-2H3,(H,13,15). The van der Waals surface area contributed by atoms with Gasteiger partial charge in [-0.25, -0.2) is 0 Å². The zero-order valence-electron chi connectivity index (χ0n) is 9.40. The second kappa shape index (κ2) is 3.75. The number of nitrogens with one attached hydrogen (secondary N) is 1. The number of pyridine rings is 1. The van der Waals surface area contributed by atoms with Crippen LogP contribution in [-0.4, -0.2) is 34.7 Å². The van der Waals surface area contributed by atoms with Gasteiger partial charge in [0.05, 0.1) is 29.7 Å². The van der Waals surface area contributed by atoms with E-state index in [0.717, 1.165) is 11.4 Å². The van der Waals surface area contributed by atoms with Crippen LogP contribution in [0.4, 0.5) is 11.4 Å². The number of hydrogen-bond donors (Lipinski definition) is 2. The van der Waals surface area contributed by atoms with Crippen LogP contribution < -0.4 is 10.2 Å². The molecule has 1 aromatic heterocycles. The molecule has 1 aliphatic heterocycles. The Hall–Kier alpha value is -1.62. The highest BCUT2D eigenvalue weighted by atomic mass is 16.3. The first-order valence-electron chi connectivity index (χ1n) is 5.17. The molecule has 5 heteroatoms. The Labute approximate surface area is 94.1 Å². The fourth-order valence-electron chi connectivity index (χ4n) is 1.80. The van der Waals surface area contributed by atoms with Gasteiger partial charge in [-0.15, -0.1) is 0 Å². The van der Waals surface area contributed by atoms with Crippen molar-refractivity contribution >= 4 is 17.3 Å². The van der Waals surface area contributed by atoms with E-state index in [4.69, 9.17) is 0 Å². The molecule has 0 saturated heterocycles. The largest absolute Gasteiger partial charge is 0.389 e. The maximum atomic E-state index is 11.5. The summed E-state index contributed by atoms with van der Waals surface area (Å²) in [4.78, 5) is 17.3. The van der Waals surface area contributed by atoms with E-state index in [9.17, 15) is 9.90 Å². The predicted molar refractivity (Wildman–Crippen MR) is 61.4 cm³/mol. The van der Waals surface area contributed by atoms with Crippen LogP contribution in [0.5, 0.6) is 0 Å². The molecule has 1 amide bonds. The number of fused-ring (bicyclic) bond motifs is 1. The normalized spacial score (nSPS) is 15.7. The first-order valence-corrected chi connectivity index (χ1v) is 5.17. The van der Waals surface area contributed by atoms with E-state index in [2.05, 4.69) is 10.3 Å². The van der Waals surface area contributed by atoms with Crippen LogP contribution in [-0.2, 0) is 4.79 Å². The lowest BCUT2D eigenvalue weighted by Crippen LogP contribution is -2.45. The van der Waals surface area contributed by atoms with Crippen molar-refractivity contribution in [3.8, 4) is 0 Å². The Balaban J connectivity index is 2.30. The van der Waals surface area contributed by atoms with Crippen LogP contribution in [0.15, 0.2) is 18.5 Å². The second-order valence-corrected chi connectivity index (χ2v) is 4.61. The van der Waals surface area contributed by atoms with Gasteiger partial charge in [0, 0.05) is 12.7 Å². The molecule has 0 radical (unpaired) electrons. The molecule has 5 nitrogen and oxygen atoms in total. The molecule has 0 bridgehead atoms. The minimum atomic E-state index is -0.843. The van der Waals surface area contributed by atoms with Gasteiger partial charge in [-0.05, 0) is 19.9 Å². The molecule has 0 aliphatic carbocycles. The molecule has 0 aromatic carbocycles. The van der Waals surface area contributed by atoms with Gasteiger partial charge in [0.25, 0.3) is 0 Å². The number of carbonyl (C=O) groups excluding carboxylic acids is 1. The summed E-state index contributed by atoms with van der Waals surface area (Å²) in [6.07, 6.45) is 3.33. The van der Waals surface area contributed by atoms with Crippen molar-refractivity contribution in [2.45, 2.75) is 19.4 Å². The number of nitrogens with zero attached hydrogens (tertiary/aromatic N) is 2. The maximum absolute atomic E-state index is 11.5.